The average Bonchev–Trinajstić information content (AvgIpc) is 3.70. The third-order valence-corrected chi connectivity index (χ3v) is 8.78. The van der Waals surface area contributed by atoms with Gasteiger partial charge in [-0.2, -0.15) is 18.3 Å². The third kappa shape index (κ3) is 8.71. The van der Waals surface area contributed by atoms with E-state index in [1.807, 2.05) is 59.3 Å². The Morgan fingerprint density at radius 3 is 2.43 bits per heavy atom. The topological polar surface area (TPSA) is 153 Å². The first-order chi connectivity index (χ1) is 24.6. The number of pyridine rings is 1. The van der Waals surface area contributed by atoms with E-state index in [2.05, 4.69) is 20.9 Å². The zero-order valence-corrected chi connectivity index (χ0v) is 27.9. The Hall–Kier alpha value is -5.74. The van der Waals surface area contributed by atoms with Gasteiger partial charge in [0, 0.05) is 30.4 Å². The molecule has 4 heterocycles. The number of rotatable bonds is 9. The average molecular weight is 720 g/mol. The molecule has 3 aromatic carbocycles. The van der Waals surface area contributed by atoms with Crippen LogP contribution in [0.15, 0.2) is 85.1 Å². The van der Waals surface area contributed by atoms with E-state index in [-0.39, 0.29) is 11.9 Å². The maximum absolute atomic E-state index is 12.9. The van der Waals surface area contributed by atoms with Gasteiger partial charge in [-0.25, -0.2) is 19.4 Å². The highest BCUT2D eigenvalue weighted by molar-refractivity contribution is 7.22. The summed E-state index contributed by atoms with van der Waals surface area (Å²) in [5.74, 6) is -0.213. The van der Waals surface area contributed by atoms with Gasteiger partial charge in [-0.05, 0) is 73.5 Å². The fourth-order valence-corrected chi connectivity index (χ4v) is 6.20. The smallest absolute Gasteiger partial charge is 0.490 e. The lowest BCUT2D eigenvalue weighted by atomic mass is 10.1. The van der Waals surface area contributed by atoms with Gasteiger partial charge < -0.3 is 25.2 Å². The van der Waals surface area contributed by atoms with Gasteiger partial charge in [0.1, 0.15) is 22.6 Å². The number of amides is 1. The number of ether oxygens (including phenoxy) is 2. The quantitative estimate of drug-likeness (QED) is 0.124. The Labute approximate surface area is 293 Å². The van der Waals surface area contributed by atoms with Gasteiger partial charge in [0.05, 0.1) is 23.9 Å². The van der Waals surface area contributed by atoms with E-state index >= 15 is 0 Å². The number of para-hydroxylation sites is 1. The van der Waals surface area contributed by atoms with Gasteiger partial charge in [0.25, 0.3) is 5.91 Å². The molecule has 1 aliphatic heterocycles. The molecule has 0 radical (unpaired) electrons. The van der Waals surface area contributed by atoms with Crippen LogP contribution in [0, 0.1) is 0 Å². The predicted molar refractivity (Wildman–Crippen MR) is 187 cm³/mol. The molecule has 1 amide bonds. The molecule has 1 atom stereocenters. The minimum absolute atomic E-state index is 0.228. The SMILES string of the molecule is COc1ccc(Cn2nc(N[C@@H]3CCCNC3)c3c(Oc4ccc(C(=O)Nc5nc6ccccc6s5)cc4)ccnc32)cc1.O=C(O)C(F)(F)F. The highest BCUT2D eigenvalue weighted by atomic mass is 32.1. The van der Waals surface area contributed by atoms with Crippen LogP contribution in [0.3, 0.4) is 0 Å². The van der Waals surface area contributed by atoms with Crippen molar-refractivity contribution in [3.8, 4) is 17.2 Å². The number of benzene rings is 3. The van der Waals surface area contributed by atoms with Crippen molar-refractivity contribution in [2.45, 2.75) is 31.6 Å². The van der Waals surface area contributed by atoms with Crippen molar-refractivity contribution in [2.75, 3.05) is 30.8 Å². The van der Waals surface area contributed by atoms with E-state index < -0.39 is 12.1 Å². The molecule has 0 spiro atoms. The molecule has 51 heavy (non-hydrogen) atoms. The van der Waals surface area contributed by atoms with Crippen LogP contribution < -0.4 is 25.4 Å². The van der Waals surface area contributed by atoms with Crippen LogP contribution >= 0.6 is 11.3 Å². The molecular weight excluding hydrogens is 687 g/mol. The van der Waals surface area contributed by atoms with Crippen LogP contribution in [0.2, 0.25) is 0 Å². The number of alkyl halides is 3. The molecule has 1 saturated heterocycles. The second kappa shape index (κ2) is 15.4. The van der Waals surface area contributed by atoms with Crippen LogP contribution in [-0.2, 0) is 11.3 Å². The minimum atomic E-state index is -5.08. The number of thiazole rings is 1. The Balaban J connectivity index is 0.000000582. The standard InChI is InChI=1S/C33H31N7O3S.C2HF3O2/c1-42-24-12-8-21(9-13-24)20-40-31-29(30(39-40)36-23-5-4-17-34-19-23)27(16-18-35-31)43-25-14-10-22(11-15-25)32(41)38-33-37-26-6-2-3-7-28(26)44-33;3-2(4,5)1(6)7/h2-3,6-16,18,23,34H,4-5,17,19-20H2,1H3,(H,36,39)(H,37,38,41);(H,6,7)/t23-;/m1./s1. The summed E-state index contributed by atoms with van der Waals surface area (Å²) >= 11 is 1.45. The summed E-state index contributed by atoms with van der Waals surface area (Å²) in [7, 11) is 1.66. The van der Waals surface area contributed by atoms with Crippen molar-refractivity contribution in [1.29, 1.82) is 0 Å². The number of aromatic nitrogens is 4. The number of nitrogens with zero attached hydrogens (tertiary/aromatic N) is 4. The summed E-state index contributed by atoms with van der Waals surface area (Å²) in [5, 5.41) is 23.5. The molecule has 16 heteroatoms. The number of fused-ring (bicyclic) bond motifs is 2. The van der Waals surface area contributed by atoms with E-state index in [0.717, 1.165) is 64.3 Å². The molecule has 12 nitrogen and oxygen atoms in total. The fraction of sp³-hybridized carbons (Fsp3) is 0.229. The third-order valence-electron chi connectivity index (χ3n) is 7.83. The van der Waals surface area contributed by atoms with E-state index in [1.54, 1.807) is 37.6 Å². The van der Waals surface area contributed by atoms with Crippen molar-refractivity contribution in [3.63, 3.8) is 0 Å². The van der Waals surface area contributed by atoms with Gasteiger partial charge in [-0.15, -0.1) is 0 Å². The lowest BCUT2D eigenvalue weighted by molar-refractivity contribution is -0.192. The van der Waals surface area contributed by atoms with E-state index in [1.165, 1.54) is 11.3 Å². The molecular formula is C35H32F3N7O5S. The van der Waals surface area contributed by atoms with Crippen LogP contribution in [-0.4, -0.2) is 69.1 Å². The number of methoxy groups -OCH3 is 1. The second-order valence-corrected chi connectivity index (χ2v) is 12.5. The maximum atomic E-state index is 12.9. The number of carboxylic acids is 1. The number of halogens is 3. The molecule has 6 aromatic rings. The molecule has 3 aromatic heterocycles. The zero-order valence-electron chi connectivity index (χ0n) is 27.1. The highest BCUT2D eigenvalue weighted by Crippen LogP contribution is 2.35. The molecule has 1 fully saturated rings. The van der Waals surface area contributed by atoms with Crippen LogP contribution in [0.25, 0.3) is 21.3 Å². The fourth-order valence-electron chi connectivity index (χ4n) is 5.33. The largest absolute Gasteiger partial charge is 0.497 e. The Morgan fingerprint density at radius 1 is 1.04 bits per heavy atom. The highest BCUT2D eigenvalue weighted by Gasteiger charge is 2.38. The first-order valence-electron chi connectivity index (χ1n) is 15.8. The Bertz CT molecular complexity index is 2100. The van der Waals surface area contributed by atoms with Crippen molar-refractivity contribution in [1.82, 2.24) is 25.1 Å². The van der Waals surface area contributed by atoms with E-state index in [0.29, 0.717) is 28.7 Å². The van der Waals surface area contributed by atoms with Gasteiger partial charge in [-0.1, -0.05) is 35.6 Å². The number of carboxylic acid groups (broad SMARTS) is 1. The second-order valence-electron chi connectivity index (χ2n) is 11.4. The molecule has 0 bridgehead atoms. The molecule has 0 unspecified atom stereocenters. The number of nitrogens with one attached hydrogen (secondary N) is 3. The lowest BCUT2D eigenvalue weighted by Gasteiger charge is -2.23. The van der Waals surface area contributed by atoms with Gasteiger partial charge in [0.2, 0.25) is 0 Å². The Morgan fingerprint density at radius 2 is 1.76 bits per heavy atom. The van der Waals surface area contributed by atoms with Crippen molar-refractivity contribution in [2.24, 2.45) is 0 Å². The van der Waals surface area contributed by atoms with Gasteiger partial charge >= 0.3 is 12.1 Å². The van der Waals surface area contributed by atoms with Crippen molar-refractivity contribution >= 4 is 55.4 Å². The van der Waals surface area contributed by atoms with E-state index in [9.17, 15) is 18.0 Å². The molecule has 264 valence electrons. The van der Waals surface area contributed by atoms with Crippen molar-refractivity contribution < 1.29 is 37.3 Å². The predicted octanol–water partition coefficient (Wildman–Crippen LogP) is 6.94. The number of hydrogen-bond acceptors (Lipinski definition) is 10. The molecule has 4 N–H and O–H groups in total. The summed E-state index contributed by atoms with van der Waals surface area (Å²) in [6, 6.07) is 24.9. The molecule has 0 aliphatic carbocycles. The zero-order chi connectivity index (χ0) is 36.0. The number of aliphatic carboxylic acids is 1. The normalized spacial score (nSPS) is 14.4. The number of hydrogen-bond donors (Lipinski definition) is 4. The summed E-state index contributed by atoms with van der Waals surface area (Å²) in [4.78, 5) is 31.0. The molecule has 7 rings (SSSR count). The minimum Gasteiger partial charge on any atom is -0.497 e. The van der Waals surface area contributed by atoms with Gasteiger partial charge in [0.15, 0.2) is 16.6 Å². The summed E-state index contributed by atoms with van der Waals surface area (Å²) in [5.41, 5.74) is 3.17. The number of anilines is 2. The van der Waals surface area contributed by atoms with E-state index in [4.69, 9.17) is 29.5 Å². The first-order valence-corrected chi connectivity index (χ1v) is 16.6. The summed E-state index contributed by atoms with van der Waals surface area (Å²) < 4.78 is 46.4. The van der Waals surface area contributed by atoms with Crippen LogP contribution in [0.5, 0.6) is 17.2 Å². The number of piperidine rings is 1. The molecule has 0 saturated carbocycles. The maximum Gasteiger partial charge on any atom is 0.490 e. The molecule has 1 aliphatic rings. The van der Waals surface area contributed by atoms with Crippen LogP contribution in [0.1, 0.15) is 28.8 Å². The van der Waals surface area contributed by atoms with Gasteiger partial charge in [-0.3, -0.25) is 10.1 Å². The number of carbonyl (C=O) groups excluding carboxylic acids is 1. The number of carbonyl (C=O) groups is 2. The Kier molecular flexibility index (Phi) is 10.6. The monoisotopic (exact) mass is 719 g/mol. The summed E-state index contributed by atoms with van der Waals surface area (Å²) in [6.45, 7) is 2.43. The van der Waals surface area contributed by atoms with Crippen molar-refractivity contribution in [3.05, 3.63) is 96.2 Å². The van der Waals surface area contributed by atoms with Crippen LogP contribution in [0.4, 0.5) is 24.1 Å². The first kappa shape index (κ1) is 35.1. The summed E-state index contributed by atoms with van der Waals surface area (Å²) in [6.07, 6.45) is -1.20. The lowest BCUT2D eigenvalue weighted by Crippen LogP contribution is -2.38.